The lowest BCUT2D eigenvalue weighted by molar-refractivity contribution is 0.0870. The van der Waals surface area contributed by atoms with Gasteiger partial charge in [-0.3, -0.25) is 0 Å². The van der Waals surface area contributed by atoms with E-state index in [0.29, 0.717) is 6.10 Å². The summed E-state index contributed by atoms with van der Waals surface area (Å²) in [6, 6.07) is 6.44. The second-order valence-electron chi connectivity index (χ2n) is 4.16. The Morgan fingerprint density at radius 3 is 2.67 bits per heavy atom. The van der Waals surface area contributed by atoms with Gasteiger partial charge >= 0.3 is 0 Å². The summed E-state index contributed by atoms with van der Waals surface area (Å²) in [5, 5.41) is 3.38. The van der Waals surface area contributed by atoms with Gasteiger partial charge in [0.25, 0.3) is 0 Å². The Hall–Kier alpha value is -1.02. The molecule has 0 amide bonds. The van der Waals surface area contributed by atoms with E-state index >= 15 is 0 Å². The smallest absolute Gasteiger partial charge is 0.0642 e. The van der Waals surface area contributed by atoms with Gasteiger partial charge in [0.05, 0.1) is 12.7 Å². The molecule has 0 saturated carbocycles. The van der Waals surface area contributed by atoms with Gasteiger partial charge in [-0.25, -0.2) is 0 Å². The molecule has 2 nitrogen and oxygen atoms in total. The molecule has 0 aromatic heterocycles. The summed E-state index contributed by atoms with van der Waals surface area (Å²) in [5.41, 5.74) is 3.78. The summed E-state index contributed by atoms with van der Waals surface area (Å²) in [6.07, 6.45) is 0.311. The first-order valence-electron chi connectivity index (χ1n) is 5.52. The Balaban J connectivity index is 2.40. The molecule has 0 bridgehead atoms. The van der Waals surface area contributed by atoms with Gasteiger partial charge in [0.2, 0.25) is 0 Å². The molecule has 1 N–H and O–H groups in total. The normalized spacial score (nSPS) is 10.7. The summed E-state index contributed by atoms with van der Waals surface area (Å²) in [4.78, 5) is 0. The number of ether oxygens (including phenoxy) is 1. The molecule has 15 heavy (non-hydrogen) atoms. The van der Waals surface area contributed by atoms with E-state index in [-0.39, 0.29) is 0 Å². The molecule has 0 aliphatic rings. The number of nitrogens with one attached hydrogen (secondary N) is 1. The van der Waals surface area contributed by atoms with E-state index in [1.54, 1.807) is 0 Å². The van der Waals surface area contributed by atoms with Crippen molar-refractivity contribution < 1.29 is 4.74 Å². The number of aryl methyl sites for hydroxylation is 2. The molecule has 1 aromatic carbocycles. The summed E-state index contributed by atoms with van der Waals surface area (Å²) >= 11 is 0. The fourth-order valence-corrected chi connectivity index (χ4v) is 1.41. The topological polar surface area (TPSA) is 21.3 Å². The van der Waals surface area contributed by atoms with Crippen molar-refractivity contribution in [3.63, 3.8) is 0 Å². The summed E-state index contributed by atoms with van der Waals surface area (Å²) in [7, 11) is 0. The molecule has 0 aliphatic carbocycles. The summed E-state index contributed by atoms with van der Waals surface area (Å²) < 4.78 is 5.47. The SMILES string of the molecule is Cc1ccc(C)c(NCCOC(C)C)c1. The van der Waals surface area contributed by atoms with Crippen LogP contribution in [0.3, 0.4) is 0 Å². The van der Waals surface area contributed by atoms with Gasteiger partial charge in [-0.1, -0.05) is 12.1 Å². The highest BCUT2D eigenvalue weighted by Gasteiger charge is 1.98. The second-order valence-corrected chi connectivity index (χ2v) is 4.16. The van der Waals surface area contributed by atoms with Crippen LogP contribution in [0.25, 0.3) is 0 Å². The van der Waals surface area contributed by atoms with Crippen molar-refractivity contribution in [2.24, 2.45) is 0 Å². The standard InChI is InChI=1S/C13H21NO/c1-10(2)15-8-7-14-13-9-11(3)5-6-12(13)4/h5-6,9-10,14H,7-8H2,1-4H3. The Labute approximate surface area is 92.6 Å². The van der Waals surface area contributed by atoms with Crippen LogP contribution in [0.15, 0.2) is 18.2 Å². The van der Waals surface area contributed by atoms with Gasteiger partial charge in [0.1, 0.15) is 0 Å². The van der Waals surface area contributed by atoms with Crippen LogP contribution >= 0.6 is 0 Å². The Kier molecular flexibility index (Phi) is 4.63. The number of benzene rings is 1. The predicted molar refractivity (Wildman–Crippen MR) is 65.5 cm³/mol. The molecule has 0 unspecified atom stereocenters. The zero-order valence-corrected chi connectivity index (χ0v) is 10.1. The predicted octanol–water partition coefficient (Wildman–Crippen LogP) is 3.14. The van der Waals surface area contributed by atoms with E-state index in [1.165, 1.54) is 16.8 Å². The first-order valence-corrected chi connectivity index (χ1v) is 5.52. The van der Waals surface area contributed by atoms with Gasteiger partial charge in [-0.2, -0.15) is 0 Å². The third-order valence-electron chi connectivity index (χ3n) is 2.26. The van der Waals surface area contributed by atoms with Crippen LogP contribution in [-0.2, 0) is 4.74 Å². The minimum Gasteiger partial charge on any atom is -0.383 e. The van der Waals surface area contributed by atoms with Crippen LogP contribution in [0.5, 0.6) is 0 Å². The molecule has 0 heterocycles. The van der Waals surface area contributed by atoms with Crippen molar-refractivity contribution in [1.29, 1.82) is 0 Å². The number of hydrogen-bond acceptors (Lipinski definition) is 2. The molecule has 0 spiro atoms. The zero-order valence-electron chi connectivity index (χ0n) is 10.1. The monoisotopic (exact) mass is 207 g/mol. The largest absolute Gasteiger partial charge is 0.383 e. The highest BCUT2D eigenvalue weighted by molar-refractivity contribution is 5.52. The minimum atomic E-state index is 0.311. The molecule has 0 atom stereocenters. The van der Waals surface area contributed by atoms with Crippen LogP contribution in [0, 0.1) is 13.8 Å². The molecular weight excluding hydrogens is 186 g/mol. The van der Waals surface area contributed by atoms with Crippen LogP contribution in [0.2, 0.25) is 0 Å². The van der Waals surface area contributed by atoms with E-state index < -0.39 is 0 Å². The van der Waals surface area contributed by atoms with Crippen LogP contribution < -0.4 is 5.32 Å². The minimum absolute atomic E-state index is 0.311. The Morgan fingerprint density at radius 1 is 1.27 bits per heavy atom. The molecule has 1 aromatic rings. The van der Waals surface area contributed by atoms with Crippen molar-refractivity contribution in [2.45, 2.75) is 33.8 Å². The maximum absolute atomic E-state index is 5.47. The van der Waals surface area contributed by atoms with E-state index in [4.69, 9.17) is 4.74 Å². The molecule has 1 rings (SSSR count). The van der Waals surface area contributed by atoms with Crippen LogP contribution in [-0.4, -0.2) is 19.3 Å². The maximum Gasteiger partial charge on any atom is 0.0642 e. The Bertz CT molecular complexity index is 307. The van der Waals surface area contributed by atoms with Crippen molar-refractivity contribution in [3.05, 3.63) is 29.3 Å². The van der Waals surface area contributed by atoms with Crippen molar-refractivity contribution in [3.8, 4) is 0 Å². The van der Waals surface area contributed by atoms with E-state index in [9.17, 15) is 0 Å². The third-order valence-corrected chi connectivity index (χ3v) is 2.26. The molecule has 0 fully saturated rings. The second kappa shape index (κ2) is 5.76. The van der Waals surface area contributed by atoms with Crippen molar-refractivity contribution >= 4 is 5.69 Å². The molecule has 0 saturated heterocycles. The first kappa shape index (κ1) is 12.1. The van der Waals surface area contributed by atoms with Gasteiger partial charge in [0, 0.05) is 12.2 Å². The van der Waals surface area contributed by atoms with Gasteiger partial charge in [-0.15, -0.1) is 0 Å². The molecule has 0 aliphatic heterocycles. The average Bonchev–Trinajstić information content (AvgIpc) is 2.17. The van der Waals surface area contributed by atoms with Crippen LogP contribution in [0.4, 0.5) is 5.69 Å². The number of hydrogen-bond donors (Lipinski definition) is 1. The molecular formula is C13H21NO. The lowest BCUT2D eigenvalue weighted by Gasteiger charge is -2.12. The summed E-state index contributed by atoms with van der Waals surface area (Å²) in [5.74, 6) is 0. The quantitative estimate of drug-likeness (QED) is 0.749. The van der Waals surface area contributed by atoms with Crippen molar-refractivity contribution in [2.75, 3.05) is 18.5 Å². The van der Waals surface area contributed by atoms with E-state index in [2.05, 4.69) is 51.2 Å². The maximum atomic E-state index is 5.47. The molecule has 0 radical (unpaired) electrons. The van der Waals surface area contributed by atoms with Gasteiger partial charge < -0.3 is 10.1 Å². The van der Waals surface area contributed by atoms with Crippen molar-refractivity contribution in [1.82, 2.24) is 0 Å². The summed E-state index contributed by atoms with van der Waals surface area (Å²) in [6.45, 7) is 9.95. The number of rotatable bonds is 5. The lowest BCUT2D eigenvalue weighted by atomic mass is 10.1. The first-order chi connectivity index (χ1) is 7.09. The van der Waals surface area contributed by atoms with Crippen LogP contribution in [0.1, 0.15) is 25.0 Å². The average molecular weight is 207 g/mol. The van der Waals surface area contributed by atoms with E-state index in [0.717, 1.165) is 13.2 Å². The fraction of sp³-hybridized carbons (Fsp3) is 0.538. The Morgan fingerprint density at radius 2 is 2.00 bits per heavy atom. The number of anilines is 1. The van der Waals surface area contributed by atoms with Gasteiger partial charge in [-0.05, 0) is 44.9 Å². The fourth-order valence-electron chi connectivity index (χ4n) is 1.41. The van der Waals surface area contributed by atoms with Gasteiger partial charge in [0.15, 0.2) is 0 Å². The molecule has 84 valence electrons. The van der Waals surface area contributed by atoms with E-state index in [1.807, 2.05) is 0 Å². The lowest BCUT2D eigenvalue weighted by Crippen LogP contribution is -2.13. The highest BCUT2D eigenvalue weighted by Crippen LogP contribution is 2.15. The third kappa shape index (κ3) is 4.34. The highest BCUT2D eigenvalue weighted by atomic mass is 16.5. The molecule has 2 heteroatoms. The zero-order chi connectivity index (χ0) is 11.3.